The van der Waals surface area contributed by atoms with Crippen molar-refractivity contribution in [1.82, 2.24) is 0 Å². The SMILES string of the molecule is CC(=O)OC/C=C1/CC[C@H]2[C@@H]3CCC4=CC(=O)[C@@H](C)C[C@]4(C)[C@H]3[C@@H](O)C[C@]12C. The van der Waals surface area contributed by atoms with Gasteiger partial charge in [-0.1, -0.05) is 31.9 Å². The zero-order valence-corrected chi connectivity index (χ0v) is 17.7. The van der Waals surface area contributed by atoms with Gasteiger partial charge in [-0.15, -0.1) is 0 Å². The molecule has 154 valence electrons. The largest absolute Gasteiger partial charge is 0.462 e. The third-order valence-corrected chi connectivity index (χ3v) is 8.67. The molecule has 0 aliphatic heterocycles. The van der Waals surface area contributed by atoms with Crippen LogP contribution in [0.4, 0.5) is 0 Å². The molecule has 0 unspecified atom stereocenters. The van der Waals surface area contributed by atoms with Gasteiger partial charge in [-0.25, -0.2) is 0 Å². The molecule has 0 aromatic heterocycles. The molecule has 3 saturated carbocycles. The summed E-state index contributed by atoms with van der Waals surface area (Å²) in [4.78, 5) is 23.4. The van der Waals surface area contributed by atoms with Gasteiger partial charge in [0.25, 0.3) is 0 Å². The maximum absolute atomic E-state index is 12.3. The van der Waals surface area contributed by atoms with E-state index in [-0.39, 0.29) is 40.5 Å². The molecule has 1 N–H and O–H groups in total. The Morgan fingerprint density at radius 3 is 2.71 bits per heavy atom. The van der Waals surface area contributed by atoms with E-state index in [2.05, 4.69) is 19.9 Å². The van der Waals surface area contributed by atoms with Crippen molar-refractivity contribution in [1.29, 1.82) is 0 Å². The first-order valence-corrected chi connectivity index (χ1v) is 10.9. The Kier molecular flexibility index (Phi) is 4.85. The zero-order valence-electron chi connectivity index (χ0n) is 17.7. The Morgan fingerprint density at radius 2 is 2.00 bits per heavy atom. The van der Waals surface area contributed by atoms with Crippen molar-refractivity contribution in [2.75, 3.05) is 6.61 Å². The van der Waals surface area contributed by atoms with Crippen LogP contribution in [0.3, 0.4) is 0 Å². The Hall–Kier alpha value is -1.42. The van der Waals surface area contributed by atoms with Gasteiger partial charge in [-0.3, -0.25) is 9.59 Å². The molecule has 0 aromatic carbocycles. The second kappa shape index (κ2) is 6.83. The lowest BCUT2D eigenvalue weighted by Gasteiger charge is -2.59. The standard InChI is InChI=1S/C24H34O4/c1-14-12-24(4)17(11-20(14)26)5-7-18-19-8-6-16(9-10-28-15(2)25)23(19,3)13-21(27)22(18)24/h9,11,14,18-19,21-22,27H,5-8,10,12-13H2,1-4H3/b16-9-/t14-,18-,19-,21-,22+,23+,24-/m0/s1. The third kappa shape index (κ3) is 2.91. The summed E-state index contributed by atoms with van der Waals surface area (Å²) in [5.74, 6) is 1.37. The highest BCUT2D eigenvalue weighted by Gasteiger charge is 2.61. The predicted molar refractivity (Wildman–Crippen MR) is 107 cm³/mol. The minimum atomic E-state index is -0.351. The average Bonchev–Trinajstić information content (AvgIpc) is 2.92. The van der Waals surface area contributed by atoms with Crippen LogP contribution in [0.5, 0.6) is 0 Å². The van der Waals surface area contributed by atoms with E-state index in [9.17, 15) is 14.7 Å². The fourth-order valence-electron chi connectivity index (χ4n) is 7.47. The molecule has 3 fully saturated rings. The van der Waals surface area contributed by atoms with E-state index in [0.29, 0.717) is 18.4 Å². The molecule has 7 atom stereocenters. The molecule has 0 bridgehead atoms. The van der Waals surface area contributed by atoms with E-state index < -0.39 is 0 Å². The molecule has 28 heavy (non-hydrogen) atoms. The van der Waals surface area contributed by atoms with Gasteiger partial charge in [0, 0.05) is 12.8 Å². The molecular weight excluding hydrogens is 352 g/mol. The lowest BCUT2D eigenvalue weighted by Crippen LogP contribution is -2.56. The molecule has 4 rings (SSSR count). The number of ether oxygens (including phenoxy) is 1. The molecule has 4 heteroatoms. The quantitative estimate of drug-likeness (QED) is 0.570. The van der Waals surface area contributed by atoms with Crippen molar-refractivity contribution in [3.8, 4) is 0 Å². The monoisotopic (exact) mass is 386 g/mol. The van der Waals surface area contributed by atoms with Gasteiger partial charge in [0.1, 0.15) is 6.61 Å². The van der Waals surface area contributed by atoms with Crippen LogP contribution in [0, 0.1) is 34.5 Å². The Morgan fingerprint density at radius 1 is 1.25 bits per heavy atom. The summed E-state index contributed by atoms with van der Waals surface area (Å²) in [5, 5.41) is 11.4. The van der Waals surface area contributed by atoms with Crippen LogP contribution in [0.15, 0.2) is 23.3 Å². The molecule has 4 aliphatic rings. The van der Waals surface area contributed by atoms with E-state index >= 15 is 0 Å². The van der Waals surface area contributed by atoms with Crippen LogP contribution in [-0.4, -0.2) is 29.6 Å². The number of carbonyl (C=O) groups excluding carboxylic acids is 2. The normalized spacial score (nSPS) is 46.5. The van der Waals surface area contributed by atoms with Gasteiger partial charge in [0.2, 0.25) is 0 Å². The number of aliphatic hydroxyl groups is 1. The van der Waals surface area contributed by atoms with Crippen molar-refractivity contribution in [2.45, 2.75) is 72.3 Å². The summed E-state index contributed by atoms with van der Waals surface area (Å²) in [6.07, 6.45) is 9.53. The molecule has 0 heterocycles. The van der Waals surface area contributed by atoms with Crippen LogP contribution in [0.25, 0.3) is 0 Å². The molecular formula is C24H34O4. The van der Waals surface area contributed by atoms with Gasteiger partial charge < -0.3 is 9.84 Å². The van der Waals surface area contributed by atoms with E-state index in [1.54, 1.807) is 0 Å². The molecule has 4 nitrogen and oxygen atoms in total. The first-order valence-electron chi connectivity index (χ1n) is 10.9. The molecule has 0 saturated heterocycles. The number of esters is 1. The summed E-state index contributed by atoms with van der Waals surface area (Å²) in [5.41, 5.74) is 2.58. The zero-order chi connectivity index (χ0) is 20.3. The highest BCUT2D eigenvalue weighted by atomic mass is 16.5. The average molecular weight is 387 g/mol. The van der Waals surface area contributed by atoms with E-state index in [4.69, 9.17) is 4.74 Å². The fourth-order valence-corrected chi connectivity index (χ4v) is 7.47. The fraction of sp³-hybridized carbons (Fsp3) is 0.750. The lowest BCUT2D eigenvalue weighted by atomic mass is 9.46. The van der Waals surface area contributed by atoms with Gasteiger partial charge in [0.05, 0.1) is 6.10 Å². The molecule has 4 aliphatic carbocycles. The van der Waals surface area contributed by atoms with Crippen LogP contribution in [0.1, 0.15) is 66.2 Å². The maximum Gasteiger partial charge on any atom is 0.302 e. The smallest absolute Gasteiger partial charge is 0.302 e. The summed E-state index contributed by atoms with van der Waals surface area (Å²) < 4.78 is 5.15. The Bertz CT molecular complexity index is 750. The number of hydrogen-bond acceptors (Lipinski definition) is 4. The van der Waals surface area contributed by atoms with Crippen molar-refractivity contribution in [3.05, 3.63) is 23.3 Å². The second-order valence-corrected chi connectivity index (χ2v) is 10.2. The number of rotatable bonds is 2. The number of ketones is 1. The van der Waals surface area contributed by atoms with Crippen LogP contribution >= 0.6 is 0 Å². The Labute approximate surface area is 168 Å². The summed E-state index contributed by atoms with van der Waals surface area (Å²) >= 11 is 0. The highest BCUT2D eigenvalue weighted by molar-refractivity contribution is 5.93. The van der Waals surface area contributed by atoms with Gasteiger partial charge >= 0.3 is 5.97 Å². The lowest BCUT2D eigenvalue weighted by molar-refractivity contribution is -0.139. The van der Waals surface area contributed by atoms with Crippen LogP contribution < -0.4 is 0 Å². The highest BCUT2D eigenvalue weighted by Crippen LogP contribution is 2.66. The van der Waals surface area contributed by atoms with E-state index in [0.717, 1.165) is 38.5 Å². The first kappa shape index (κ1) is 19.9. The first-order chi connectivity index (χ1) is 13.2. The number of fused-ring (bicyclic) bond motifs is 5. The van der Waals surface area contributed by atoms with Crippen molar-refractivity contribution in [2.24, 2.45) is 34.5 Å². The number of carbonyl (C=O) groups is 2. The topological polar surface area (TPSA) is 63.6 Å². The summed E-state index contributed by atoms with van der Waals surface area (Å²) in [6, 6.07) is 0. The van der Waals surface area contributed by atoms with E-state index in [1.807, 2.05) is 13.0 Å². The number of aliphatic hydroxyl groups excluding tert-OH is 1. The second-order valence-electron chi connectivity index (χ2n) is 10.2. The van der Waals surface area contributed by atoms with Crippen LogP contribution in [-0.2, 0) is 14.3 Å². The molecule has 0 spiro atoms. The third-order valence-electron chi connectivity index (χ3n) is 8.67. The van der Waals surface area contributed by atoms with E-state index in [1.165, 1.54) is 18.1 Å². The van der Waals surface area contributed by atoms with Crippen molar-refractivity contribution < 1.29 is 19.4 Å². The molecule has 0 aromatic rings. The van der Waals surface area contributed by atoms with Gasteiger partial charge in [0.15, 0.2) is 5.78 Å². The Balaban J connectivity index is 1.64. The minimum Gasteiger partial charge on any atom is -0.462 e. The number of hydrogen-bond donors (Lipinski definition) is 1. The predicted octanol–water partition coefficient (Wildman–Crippen LogP) is 4.22. The summed E-state index contributed by atoms with van der Waals surface area (Å²) in [7, 11) is 0. The van der Waals surface area contributed by atoms with Crippen molar-refractivity contribution in [3.63, 3.8) is 0 Å². The molecule has 0 amide bonds. The maximum atomic E-state index is 12.3. The van der Waals surface area contributed by atoms with Gasteiger partial charge in [-0.05, 0) is 79.3 Å². The summed E-state index contributed by atoms with van der Waals surface area (Å²) in [6.45, 7) is 8.42. The minimum absolute atomic E-state index is 0.00554. The van der Waals surface area contributed by atoms with Crippen LogP contribution in [0.2, 0.25) is 0 Å². The van der Waals surface area contributed by atoms with Gasteiger partial charge in [-0.2, -0.15) is 0 Å². The molecule has 0 radical (unpaired) electrons. The number of allylic oxidation sites excluding steroid dienone is 2. The van der Waals surface area contributed by atoms with Crippen molar-refractivity contribution >= 4 is 11.8 Å².